The van der Waals surface area contributed by atoms with Gasteiger partial charge in [-0.05, 0) is 127 Å². The van der Waals surface area contributed by atoms with E-state index in [4.69, 9.17) is 9.47 Å². The molecule has 0 N–H and O–H groups in total. The van der Waals surface area contributed by atoms with Crippen LogP contribution < -0.4 is 0 Å². The molecular formula is C72H120O4. The van der Waals surface area contributed by atoms with Gasteiger partial charge in [0.2, 0.25) is 0 Å². The number of unbranched alkanes of at least 4 members (excludes halogenated alkanes) is 24. The summed E-state index contributed by atoms with van der Waals surface area (Å²) < 4.78 is 10.8. The smallest absolute Gasteiger partial charge is 0.306 e. The molecule has 0 spiro atoms. The maximum Gasteiger partial charge on any atom is 0.306 e. The number of allylic oxidation sites excluding steroid dienone is 18. The van der Waals surface area contributed by atoms with Gasteiger partial charge in [0.1, 0.15) is 13.2 Å². The average molecular weight is 1050 g/mol. The molecule has 0 heterocycles. The Morgan fingerprint density at radius 1 is 0.421 bits per heavy atom. The fourth-order valence-corrected chi connectivity index (χ4v) is 10.7. The van der Waals surface area contributed by atoms with Gasteiger partial charge in [-0.3, -0.25) is 9.59 Å². The molecule has 0 aliphatic heterocycles. The second kappa shape index (κ2) is 45.2. The molecule has 0 unspecified atom stereocenters. The van der Waals surface area contributed by atoms with E-state index in [0.29, 0.717) is 26.1 Å². The first-order chi connectivity index (χ1) is 36.5. The van der Waals surface area contributed by atoms with Crippen LogP contribution in [-0.4, -0.2) is 25.2 Å². The van der Waals surface area contributed by atoms with Crippen LogP contribution in [0.5, 0.6) is 0 Å². The van der Waals surface area contributed by atoms with Crippen molar-refractivity contribution in [2.45, 2.75) is 301 Å². The quantitative estimate of drug-likeness (QED) is 0.0349. The zero-order valence-electron chi connectivity index (χ0n) is 52.0. The van der Waals surface area contributed by atoms with E-state index in [1.165, 1.54) is 213 Å². The van der Waals surface area contributed by atoms with Crippen LogP contribution in [0, 0.1) is 10.8 Å². The Morgan fingerprint density at radius 3 is 1.00 bits per heavy atom. The third kappa shape index (κ3) is 38.0. The van der Waals surface area contributed by atoms with E-state index in [1.54, 1.807) is 0 Å². The van der Waals surface area contributed by atoms with Crippen LogP contribution in [-0.2, 0) is 19.1 Å². The van der Waals surface area contributed by atoms with E-state index < -0.39 is 0 Å². The molecule has 432 valence electrons. The summed E-state index contributed by atoms with van der Waals surface area (Å²) in [5.41, 5.74) is 11.3. The lowest BCUT2D eigenvalue weighted by atomic mass is 9.72. The molecule has 0 aromatic heterocycles. The maximum atomic E-state index is 12.0. The second-order valence-electron chi connectivity index (χ2n) is 24.3. The normalized spacial score (nSPS) is 16.7. The molecule has 4 nitrogen and oxygen atoms in total. The van der Waals surface area contributed by atoms with Gasteiger partial charge in [0.05, 0.1) is 0 Å². The summed E-state index contributed by atoms with van der Waals surface area (Å²) in [4.78, 5) is 24.0. The molecule has 2 aliphatic carbocycles. The maximum absolute atomic E-state index is 12.0. The van der Waals surface area contributed by atoms with Gasteiger partial charge in [-0.1, -0.05) is 290 Å². The summed E-state index contributed by atoms with van der Waals surface area (Å²) in [5.74, 6) is -0.144. The highest BCUT2D eigenvalue weighted by Gasteiger charge is 2.27. The van der Waals surface area contributed by atoms with Crippen molar-refractivity contribution in [3.63, 3.8) is 0 Å². The first-order valence-corrected chi connectivity index (χ1v) is 31.6. The highest BCUT2D eigenvalue weighted by Crippen LogP contribution is 2.42. The molecule has 0 amide bonds. The van der Waals surface area contributed by atoms with Crippen LogP contribution in [0.4, 0.5) is 0 Å². The third-order valence-corrected chi connectivity index (χ3v) is 15.8. The molecule has 0 fully saturated rings. The van der Waals surface area contributed by atoms with Gasteiger partial charge in [0.25, 0.3) is 0 Å². The van der Waals surface area contributed by atoms with Crippen molar-refractivity contribution in [1.29, 1.82) is 0 Å². The molecule has 0 bridgehead atoms. The van der Waals surface area contributed by atoms with Crippen LogP contribution in [0.3, 0.4) is 0 Å². The van der Waals surface area contributed by atoms with Gasteiger partial charge in [0, 0.05) is 12.8 Å². The fourth-order valence-electron chi connectivity index (χ4n) is 10.7. The van der Waals surface area contributed by atoms with E-state index in [0.717, 1.165) is 36.8 Å². The predicted molar refractivity (Wildman–Crippen MR) is 335 cm³/mol. The highest BCUT2D eigenvalue weighted by molar-refractivity contribution is 5.69. The Hall–Kier alpha value is -3.66. The van der Waals surface area contributed by atoms with Crippen LogP contribution in [0.15, 0.2) is 117 Å². The van der Waals surface area contributed by atoms with Crippen molar-refractivity contribution in [2.24, 2.45) is 10.8 Å². The van der Waals surface area contributed by atoms with E-state index >= 15 is 0 Å². The van der Waals surface area contributed by atoms with Gasteiger partial charge < -0.3 is 9.47 Å². The molecule has 0 aromatic rings. The van der Waals surface area contributed by atoms with E-state index in [1.807, 2.05) is 12.2 Å². The summed E-state index contributed by atoms with van der Waals surface area (Å²) >= 11 is 0. The monoisotopic (exact) mass is 1050 g/mol. The van der Waals surface area contributed by atoms with Crippen molar-refractivity contribution in [3.05, 3.63) is 117 Å². The Kier molecular flexibility index (Phi) is 41.9. The molecule has 2 rings (SSSR count). The van der Waals surface area contributed by atoms with Gasteiger partial charge in [-0.25, -0.2) is 0 Å². The lowest BCUT2D eigenvalue weighted by molar-refractivity contribution is -0.143. The predicted octanol–water partition coefficient (Wildman–Crippen LogP) is 23.1. The minimum Gasteiger partial charge on any atom is -0.461 e. The standard InChI is InChI=1S/2C36H60O2/c2*1-7-8-9-10-11-12-13-14-15-16-17-18-19-25-35(37)38-30-28-32(3)23-20-22-31(2)26-27-34-33(4)24-21-29-36(34,5)6/h2*20,22-23,26-28H,7-19,21,24-25,29-30H2,1-6H3. The van der Waals surface area contributed by atoms with Crippen LogP contribution >= 0.6 is 0 Å². The van der Waals surface area contributed by atoms with E-state index in [2.05, 4.69) is 144 Å². The van der Waals surface area contributed by atoms with Crippen molar-refractivity contribution >= 4 is 11.9 Å². The number of esters is 2. The summed E-state index contributed by atoms with van der Waals surface area (Å²) in [7, 11) is 0. The van der Waals surface area contributed by atoms with Gasteiger partial charge in [0.15, 0.2) is 0 Å². The Labute approximate surface area is 471 Å². The Balaban J connectivity index is 0.000000760. The summed E-state index contributed by atoms with van der Waals surface area (Å²) in [6, 6.07) is 0. The molecule has 0 radical (unpaired) electrons. The first kappa shape index (κ1) is 70.4. The van der Waals surface area contributed by atoms with E-state index in [9.17, 15) is 9.59 Å². The highest BCUT2D eigenvalue weighted by atomic mass is 16.5. The van der Waals surface area contributed by atoms with Crippen molar-refractivity contribution in [1.82, 2.24) is 0 Å². The van der Waals surface area contributed by atoms with E-state index in [-0.39, 0.29) is 22.8 Å². The minimum absolute atomic E-state index is 0.0720. The fraction of sp³-hybridized carbons (Fsp3) is 0.694. The van der Waals surface area contributed by atoms with Crippen LogP contribution in [0.1, 0.15) is 301 Å². The number of rotatable bonds is 40. The van der Waals surface area contributed by atoms with Gasteiger partial charge >= 0.3 is 11.9 Å². The summed E-state index contributed by atoms with van der Waals surface area (Å²) in [6.07, 6.45) is 68.6. The van der Waals surface area contributed by atoms with Crippen molar-refractivity contribution in [3.8, 4) is 0 Å². The first-order valence-electron chi connectivity index (χ1n) is 31.6. The largest absolute Gasteiger partial charge is 0.461 e. The molecule has 76 heavy (non-hydrogen) atoms. The van der Waals surface area contributed by atoms with Gasteiger partial charge in [-0.15, -0.1) is 0 Å². The van der Waals surface area contributed by atoms with Crippen molar-refractivity contribution < 1.29 is 19.1 Å². The second-order valence-corrected chi connectivity index (χ2v) is 24.3. The molecule has 0 aromatic carbocycles. The van der Waals surface area contributed by atoms with Gasteiger partial charge in [-0.2, -0.15) is 0 Å². The SMILES string of the molecule is CCCCCCCCCCCCCCCC(=O)OCC=C(C)C=CC=C(C)C=CC1=C(C)CCCC1(C)C.CCCCCCCCCCCCCCCC(=O)OCC=C(C)C=CC=C(C)C=CC1=C(C)CCCC1(C)C. The zero-order valence-corrected chi connectivity index (χ0v) is 52.0. The number of carbonyl (C=O) groups excluding carboxylic acids is 2. The minimum atomic E-state index is -0.0720. The third-order valence-electron chi connectivity index (χ3n) is 15.8. The topological polar surface area (TPSA) is 52.6 Å². The number of hydrogen-bond donors (Lipinski definition) is 0. The number of ether oxygens (including phenoxy) is 2. The lowest BCUT2D eigenvalue weighted by Crippen LogP contribution is -2.19. The molecule has 0 atom stereocenters. The zero-order chi connectivity index (χ0) is 56.1. The molecule has 4 heteroatoms. The summed E-state index contributed by atoms with van der Waals surface area (Å²) in [6.45, 7) is 27.6. The summed E-state index contributed by atoms with van der Waals surface area (Å²) in [5, 5.41) is 0. The van der Waals surface area contributed by atoms with Crippen LogP contribution in [0.2, 0.25) is 0 Å². The molecule has 2 aliphatic rings. The Bertz CT molecular complexity index is 1740. The molecule has 0 saturated heterocycles. The van der Waals surface area contributed by atoms with Crippen LogP contribution in [0.25, 0.3) is 0 Å². The lowest BCUT2D eigenvalue weighted by Gasteiger charge is -2.33. The number of hydrogen-bond acceptors (Lipinski definition) is 4. The number of carbonyl (C=O) groups is 2. The molecular weight excluding hydrogens is 929 g/mol. The average Bonchev–Trinajstić information content (AvgIpc) is 3.36. The molecule has 0 saturated carbocycles. The van der Waals surface area contributed by atoms with Crippen molar-refractivity contribution in [2.75, 3.05) is 13.2 Å². The Morgan fingerprint density at radius 2 is 0.711 bits per heavy atom.